The molecule has 0 aliphatic rings. The number of hydrogen-bond acceptors (Lipinski definition) is 4. The van der Waals surface area contributed by atoms with E-state index in [0.29, 0.717) is 28.0 Å². The molecule has 1 N–H and O–H groups in total. The third-order valence-electron chi connectivity index (χ3n) is 4.69. The molecule has 5 nitrogen and oxygen atoms in total. The highest BCUT2D eigenvalue weighted by molar-refractivity contribution is 9.10. The summed E-state index contributed by atoms with van der Waals surface area (Å²) >= 11 is 3.37. The molecule has 3 aromatic carbocycles. The van der Waals surface area contributed by atoms with Gasteiger partial charge in [-0.25, -0.2) is 0 Å². The van der Waals surface area contributed by atoms with Crippen molar-refractivity contribution in [2.75, 3.05) is 12.4 Å². The molecule has 0 unspecified atom stereocenters. The third kappa shape index (κ3) is 4.44. The van der Waals surface area contributed by atoms with Gasteiger partial charge in [0.2, 0.25) is 11.7 Å². The van der Waals surface area contributed by atoms with Gasteiger partial charge in [0, 0.05) is 21.5 Å². The van der Waals surface area contributed by atoms with Gasteiger partial charge in [0.1, 0.15) is 0 Å². The molecule has 1 amide bonds. The van der Waals surface area contributed by atoms with Crippen LogP contribution < -0.4 is 10.1 Å². The highest BCUT2D eigenvalue weighted by atomic mass is 79.9. The van der Waals surface area contributed by atoms with Gasteiger partial charge in [-0.2, -0.15) is 0 Å². The largest absolute Gasteiger partial charge is 0.493 e. The number of anilines is 1. The monoisotopic (exact) mass is 475 g/mol. The average molecular weight is 476 g/mol. The number of fused-ring (bicyclic) bond motifs is 1. The summed E-state index contributed by atoms with van der Waals surface area (Å²) in [5.74, 6) is -0.196. The van der Waals surface area contributed by atoms with Gasteiger partial charge in [-0.05, 0) is 48.0 Å². The molecule has 31 heavy (non-hydrogen) atoms. The van der Waals surface area contributed by atoms with Crippen LogP contribution in [-0.2, 0) is 4.79 Å². The number of amides is 1. The predicted molar refractivity (Wildman–Crippen MR) is 124 cm³/mol. The number of nitrogens with one attached hydrogen (secondary N) is 1. The molecule has 0 aliphatic heterocycles. The van der Waals surface area contributed by atoms with Crippen LogP contribution in [0.3, 0.4) is 0 Å². The third-order valence-corrected chi connectivity index (χ3v) is 5.22. The molecule has 0 spiro atoms. The first-order valence-corrected chi connectivity index (χ1v) is 10.3. The van der Waals surface area contributed by atoms with Gasteiger partial charge in [0.25, 0.3) is 0 Å². The van der Waals surface area contributed by atoms with Gasteiger partial charge in [0.15, 0.2) is 17.1 Å². The molecule has 0 atom stereocenters. The van der Waals surface area contributed by atoms with Gasteiger partial charge in [-0.15, -0.1) is 0 Å². The highest BCUT2D eigenvalue weighted by Gasteiger charge is 2.24. The summed E-state index contributed by atoms with van der Waals surface area (Å²) in [7, 11) is 1.52. The number of furan rings is 1. The van der Waals surface area contributed by atoms with Crippen LogP contribution in [0.15, 0.2) is 87.8 Å². The van der Waals surface area contributed by atoms with Crippen LogP contribution in [0.25, 0.3) is 17.0 Å². The molecule has 6 heteroatoms. The second-order valence-electron chi connectivity index (χ2n) is 6.71. The zero-order chi connectivity index (χ0) is 21.8. The molecule has 1 heterocycles. The fraction of sp³-hybridized carbons (Fsp3) is 0.0400. The topological polar surface area (TPSA) is 68.5 Å². The van der Waals surface area contributed by atoms with E-state index in [-0.39, 0.29) is 17.5 Å². The van der Waals surface area contributed by atoms with Crippen molar-refractivity contribution < 1.29 is 18.7 Å². The quantitative estimate of drug-likeness (QED) is 0.270. The molecule has 0 aliphatic carbocycles. The van der Waals surface area contributed by atoms with Gasteiger partial charge in [0.05, 0.1) is 12.8 Å². The minimum Gasteiger partial charge on any atom is -0.493 e. The van der Waals surface area contributed by atoms with Crippen molar-refractivity contribution in [3.8, 4) is 5.75 Å². The van der Waals surface area contributed by atoms with Crippen molar-refractivity contribution in [1.82, 2.24) is 0 Å². The van der Waals surface area contributed by atoms with E-state index in [0.717, 1.165) is 10.0 Å². The Morgan fingerprint density at radius 3 is 2.42 bits per heavy atom. The van der Waals surface area contributed by atoms with Crippen LogP contribution in [0.1, 0.15) is 21.7 Å². The lowest BCUT2D eigenvalue weighted by Gasteiger charge is -2.04. The molecule has 0 fully saturated rings. The van der Waals surface area contributed by atoms with Crippen LogP contribution in [0, 0.1) is 0 Å². The van der Waals surface area contributed by atoms with E-state index in [2.05, 4.69) is 21.2 Å². The number of ketones is 1. The van der Waals surface area contributed by atoms with E-state index >= 15 is 0 Å². The molecule has 0 saturated carbocycles. The fourth-order valence-corrected chi connectivity index (χ4v) is 3.44. The summed E-state index contributed by atoms with van der Waals surface area (Å²) in [6.45, 7) is 0. The number of para-hydroxylation sites is 1. The summed E-state index contributed by atoms with van der Waals surface area (Å²) < 4.78 is 12.1. The normalized spacial score (nSPS) is 11.0. The Balaban J connectivity index is 1.74. The van der Waals surface area contributed by atoms with Crippen molar-refractivity contribution in [1.29, 1.82) is 0 Å². The molecule has 0 bridgehead atoms. The summed E-state index contributed by atoms with van der Waals surface area (Å²) in [6.07, 6.45) is 3.12. The van der Waals surface area contributed by atoms with E-state index in [9.17, 15) is 9.59 Å². The Morgan fingerprint density at radius 2 is 1.71 bits per heavy atom. The molecule has 0 radical (unpaired) electrons. The number of halogens is 1. The van der Waals surface area contributed by atoms with Crippen molar-refractivity contribution in [2.24, 2.45) is 0 Å². The predicted octanol–water partition coefficient (Wildman–Crippen LogP) is 6.09. The van der Waals surface area contributed by atoms with Crippen LogP contribution >= 0.6 is 15.9 Å². The number of rotatable bonds is 6. The second kappa shape index (κ2) is 9.02. The number of hydrogen-bond donors (Lipinski definition) is 1. The minimum absolute atomic E-state index is 0.0447. The van der Waals surface area contributed by atoms with Gasteiger partial charge in [-0.1, -0.05) is 52.3 Å². The summed E-state index contributed by atoms with van der Waals surface area (Å²) in [5.41, 5.74) is 2.04. The molecular weight excluding hydrogens is 458 g/mol. The van der Waals surface area contributed by atoms with Crippen molar-refractivity contribution in [2.45, 2.75) is 0 Å². The lowest BCUT2D eigenvalue weighted by Crippen LogP contribution is -2.11. The second-order valence-corrected chi connectivity index (χ2v) is 7.63. The standard InChI is InChI=1S/C25H18BrNO4/c1-30-20-9-5-8-19-22(27-21(28)15-10-16-6-3-2-4-7-16)25(31-24(19)20)23(29)17-11-13-18(26)14-12-17/h2-15H,1H3,(H,27,28). The van der Waals surface area contributed by atoms with Crippen LogP contribution in [0.4, 0.5) is 5.69 Å². The van der Waals surface area contributed by atoms with Crippen molar-refractivity contribution in [3.05, 3.63) is 100 Å². The minimum atomic E-state index is -0.376. The maximum absolute atomic E-state index is 13.2. The molecule has 4 rings (SSSR count). The van der Waals surface area contributed by atoms with Gasteiger partial charge < -0.3 is 14.5 Å². The first-order chi connectivity index (χ1) is 15.1. The number of methoxy groups -OCH3 is 1. The Labute approximate surface area is 187 Å². The SMILES string of the molecule is COc1cccc2c(NC(=O)C=Cc3ccccc3)c(C(=O)c3ccc(Br)cc3)oc12. The molecule has 4 aromatic rings. The lowest BCUT2D eigenvalue weighted by atomic mass is 10.1. The first-order valence-electron chi connectivity index (χ1n) is 9.50. The fourth-order valence-electron chi connectivity index (χ4n) is 3.17. The number of carbonyl (C=O) groups excluding carboxylic acids is 2. The van der Waals surface area contributed by atoms with Crippen molar-refractivity contribution >= 4 is 50.4 Å². The zero-order valence-electron chi connectivity index (χ0n) is 16.6. The molecule has 0 saturated heterocycles. The Morgan fingerprint density at radius 1 is 0.968 bits per heavy atom. The Kier molecular flexibility index (Phi) is 6.00. The van der Waals surface area contributed by atoms with Crippen molar-refractivity contribution in [3.63, 3.8) is 0 Å². The summed E-state index contributed by atoms with van der Waals surface area (Å²) in [5, 5.41) is 3.40. The van der Waals surface area contributed by atoms with E-state index in [1.165, 1.54) is 13.2 Å². The van der Waals surface area contributed by atoms with Gasteiger partial charge in [-0.3, -0.25) is 9.59 Å². The van der Waals surface area contributed by atoms with E-state index in [1.54, 1.807) is 48.5 Å². The van der Waals surface area contributed by atoms with E-state index in [4.69, 9.17) is 9.15 Å². The Hall–Kier alpha value is -3.64. The van der Waals surface area contributed by atoms with Crippen LogP contribution in [0.2, 0.25) is 0 Å². The number of benzene rings is 3. The lowest BCUT2D eigenvalue weighted by molar-refractivity contribution is -0.111. The average Bonchev–Trinajstić information content (AvgIpc) is 3.17. The molecular formula is C25H18BrNO4. The number of carbonyl (C=O) groups is 2. The highest BCUT2D eigenvalue weighted by Crippen LogP contribution is 2.37. The van der Waals surface area contributed by atoms with E-state index in [1.807, 2.05) is 30.3 Å². The van der Waals surface area contributed by atoms with Crippen LogP contribution in [0.5, 0.6) is 5.75 Å². The maximum Gasteiger partial charge on any atom is 0.248 e. The first kappa shape index (κ1) is 20.6. The summed E-state index contributed by atoms with van der Waals surface area (Å²) in [6, 6.07) is 21.7. The maximum atomic E-state index is 13.2. The Bertz CT molecular complexity index is 1270. The molecule has 154 valence electrons. The zero-order valence-corrected chi connectivity index (χ0v) is 18.2. The molecule has 1 aromatic heterocycles. The number of ether oxygens (including phenoxy) is 1. The van der Waals surface area contributed by atoms with Gasteiger partial charge >= 0.3 is 0 Å². The smallest absolute Gasteiger partial charge is 0.248 e. The summed E-state index contributed by atoms with van der Waals surface area (Å²) in [4.78, 5) is 25.8. The van der Waals surface area contributed by atoms with Crippen LogP contribution in [-0.4, -0.2) is 18.8 Å². The van der Waals surface area contributed by atoms with E-state index < -0.39 is 0 Å².